The van der Waals surface area contributed by atoms with Crippen LogP contribution in [0, 0.1) is 13.8 Å². The van der Waals surface area contributed by atoms with Crippen LogP contribution in [0.5, 0.6) is 0 Å². The number of hydrogen-bond donors (Lipinski definition) is 2. The van der Waals surface area contributed by atoms with Crippen molar-refractivity contribution in [2.45, 2.75) is 58.4 Å². The number of carbonyl (C=O) groups excluding carboxylic acids is 1. The predicted octanol–water partition coefficient (Wildman–Crippen LogP) is 4.48. The highest BCUT2D eigenvalue weighted by Gasteiger charge is 2.14. The SMILES string of the molecule is Cc1ccc(C)c(NC(=O)c2cnc(NC3CCCCCC3)cn2)c1. The number of anilines is 2. The molecule has 1 aromatic carbocycles. The Morgan fingerprint density at radius 2 is 1.80 bits per heavy atom. The van der Waals surface area contributed by atoms with E-state index in [0.717, 1.165) is 22.6 Å². The van der Waals surface area contributed by atoms with Gasteiger partial charge < -0.3 is 10.6 Å². The Morgan fingerprint density at radius 1 is 1.04 bits per heavy atom. The molecule has 1 fully saturated rings. The quantitative estimate of drug-likeness (QED) is 0.807. The maximum absolute atomic E-state index is 12.4. The third-order valence-electron chi connectivity index (χ3n) is 4.73. The van der Waals surface area contributed by atoms with Gasteiger partial charge >= 0.3 is 0 Å². The Bertz CT molecular complexity index is 719. The molecule has 3 rings (SSSR count). The third kappa shape index (κ3) is 4.78. The monoisotopic (exact) mass is 338 g/mol. The van der Waals surface area contributed by atoms with E-state index in [9.17, 15) is 4.79 Å². The van der Waals surface area contributed by atoms with Crippen LogP contribution in [0.2, 0.25) is 0 Å². The van der Waals surface area contributed by atoms with Crippen molar-refractivity contribution in [1.29, 1.82) is 0 Å². The highest BCUT2D eigenvalue weighted by atomic mass is 16.1. The minimum Gasteiger partial charge on any atom is -0.366 e. The van der Waals surface area contributed by atoms with Crippen LogP contribution in [0.15, 0.2) is 30.6 Å². The molecule has 5 nitrogen and oxygen atoms in total. The van der Waals surface area contributed by atoms with E-state index in [1.165, 1.54) is 38.5 Å². The van der Waals surface area contributed by atoms with Gasteiger partial charge in [-0.1, -0.05) is 37.8 Å². The fraction of sp³-hybridized carbons (Fsp3) is 0.450. The number of rotatable bonds is 4. The van der Waals surface area contributed by atoms with Crippen LogP contribution < -0.4 is 10.6 Å². The first-order valence-electron chi connectivity index (χ1n) is 9.09. The number of aromatic nitrogens is 2. The van der Waals surface area contributed by atoms with Gasteiger partial charge in [-0.3, -0.25) is 4.79 Å². The number of aryl methyl sites for hydroxylation is 2. The van der Waals surface area contributed by atoms with E-state index >= 15 is 0 Å². The molecule has 2 N–H and O–H groups in total. The highest BCUT2D eigenvalue weighted by Crippen LogP contribution is 2.20. The molecule has 0 unspecified atom stereocenters. The molecular weight excluding hydrogens is 312 g/mol. The lowest BCUT2D eigenvalue weighted by Gasteiger charge is -2.16. The maximum atomic E-state index is 12.4. The van der Waals surface area contributed by atoms with Gasteiger partial charge in [0.25, 0.3) is 5.91 Å². The van der Waals surface area contributed by atoms with E-state index in [0.29, 0.717) is 11.7 Å². The lowest BCUT2D eigenvalue weighted by atomic mass is 10.1. The van der Waals surface area contributed by atoms with Crippen molar-refractivity contribution in [3.63, 3.8) is 0 Å². The molecule has 0 saturated heterocycles. The van der Waals surface area contributed by atoms with Gasteiger partial charge in [-0.25, -0.2) is 9.97 Å². The summed E-state index contributed by atoms with van der Waals surface area (Å²) in [6, 6.07) is 6.45. The molecule has 5 heteroatoms. The lowest BCUT2D eigenvalue weighted by molar-refractivity contribution is 0.102. The molecule has 1 amide bonds. The predicted molar refractivity (Wildman–Crippen MR) is 101 cm³/mol. The van der Waals surface area contributed by atoms with Gasteiger partial charge in [-0.05, 0) is 43.9 Å². The van der Waals surface area contributed by atoms with Gasteiger partial charge in [0, 0.05) is 11.7 Å². The van der Waals surface area contributed by atoms with E-state index in [4.69, 9.17) is 0 Å². The fourth-order valence-electron chi connectivity index (χ4n) is 3.21. The molecule has 0 radical (unpaired) electrons. The Hall–Kier alpha value is -2.43. The number of nitrogens with zero attached hydrogens (tertiary/aromatic N) is 2. The van der Waals surface area contributed by atoms with Gasteiger partial charge in [0.1, 0.15) is 11.5 Å². The molecule has 1 aliphatic carbocycles. The molecule has 25 heavy (non-hydrogen) atoms. The smallest absolute Gasteiger partial charge is 0.275 e. The lowest BCUT2D eigenvalue weighted by Crippen LogP contribution is -2.20. The second kappa shape index (κ2) is 8.10. The van der Waals surface area contributed by atoms with Gasteiger partial charge in [0.05, 0.1) is 12.4 Å². The van der Waals surface area contributed by atoms with Crippen molar-refractivity contribution in [3.8, 4) is 0 Å². The number of amides is 1. The number of benzene rings is 1. The van der Waals surface area contributed by atoms with Crippen LogP contribution in [0.1, 0.15) is 60.1 Å². The minimum atomic E-state index is -0.234. The van der Waals surface area contributed by atoms with Crippen molar-refractivity contribution in [2.24, 2.45) is 0 Å². The Morgan fingerprint density at radius 3 is 2.48 bits per heavy atom. The van der Waals surface area contributed by atoms with Crippen molar-refractivity contribution in [2.75, 3.05) is 10.6 Å². The van der Waals surface area contributed by atoms with Gasteiger partial charge in [-0.15, -0.1) is 0 Å². The summed E-state index contributed by atoms with van der Waals surface area (Å²) >= 11 is 0. The molecule has 0 aliphatic heterocycles. The second-order valence-corrected chi connectivity index (χ2v) is 6.89. The van der Waals surface area contributed by atoms with Crippen LogP contribution >= 0.6 is 0 Å². The minimum absolute atomic E-state index is 0.234. The van der Waals surface area contributed by atoms with E-state index in [1.54, 1.807) is 12.4 Å². The summed E-state index contributed by atoms with van der Waals surface area (Å²) in [6.45, 7) is 3.98. The second-order valence-electron chi connectivity index (χ2n) is 6.89. The van der Waals surface area contributed by atoms with Crippen LogP contribution in [-0.4, -0.2) is 21.9 Å². The van der Waals surface area contributed by atoms with Gasteiger partial charge in [0.15, 0.2) is 0 Å². The molecule has 132 valence electrons. The van der Waals surface area contributed by atoms with Crippen molar-refractivity contribution in [1.82, 2.24) is 9.97 Å². The molecule has 2 aromatic rings. The first kappa shape index (κ1) is 17.4. The van der Waals surface area contributed by atoms with Crippen molar-refractivity contribution in [3.05, 3.63) is 47.4 Å². The van der Waals surface area contributed by atoms with Gasteiger partial charge in [-0.2, -0.15) is 0 Å². The van der Waals surface area contributed by atoms with Crippen molar-refractivity contribution >= 4 is 17.4 Å². The summed E-state index contributed by atoms with van der Waals surface area (Å²) in [5, 5.41) is 6.36. The van der Waals surface area contributed by atoms with Crippen LogP contribution in [0.3, 0.4) is 0 Å². The van der Waals surface area contributed by atoms with E-state index in [-0.39, 0.29) is 5.91 Å². The van der Waals surface area contributed by atoms with Crippen LogP contribution in [0.4, 0.5) is 11.5 Å². The average Bonchev–Trinajstić information content (AvgIpc) is 2.87. The zero-order valence-electron chi connectivity index (χ0n) is 15.0. The van der Waals surface area contributed by atoms with Crippen molar-refractivity contribution < 1.29 is 4.79 Å². The summed E-state index contributed by atoms with van der Waals surface area (Å²) in [6.07, 6.45) is 10.7. The number of nitrogens with one attached hydrogen (secondary N) is 2. The Kier molecular flexibility index (Phi) is 5.64. The Balaban J connectivity index is 1.63. The summed E-state index contributed by atoms with van der Waals surface area (Å²) in [5.74, 6) is 0.511. The largest absolute Gasteiger partial charge is 0.366 e. The number of hydrogen-bond acceptors (Lipinski definition) is 4. The third-order valence-corrected chi connectivity index (χ3v) is 4.73. The summed E-state index contributed by atoms with van der Waals surface area (Å²) < 4.78 is 0. The summed E-state index contributed by atoms with van der Waals surface area (Å²) in [7, 11) is 0. The van der Waals surface area contributed by atoms with Crippen LogP contribution in [0.25, 0.3) is 0 Å². The normalized spacial score (nSPS) is 15.4. The summed E-state index contributed by atoms with van der Waals surface area (Å²) in [4.78, 5) is 21.0. The molecule has 1 saturated carbocycles. The van der Waals surface area contributed by atoms with E-state index < -0.39 is 0 Å². The average molecular weight is 338 g/mol. The standard InChI is InChI=1S/C20H26N4O/c1-14-9-10-15(2)17(11-14)24-20(25)18-12-22-19(13-21-18)23-16-7-5-3-4-6-8-16/h9-13,16H,3-8H2,1-2H3,(H,22,23)(H,24,25). The fourth-order valence-corrected chi connectivity index (χ4v) is 3.21. The molecule has 1 aliphatic rings. The number of carbonyl (C=O) groups is 1. The van der Waals surface area contributed by atoms with Crippen LogP contribution in [-0.2, 0) is 0 Å². The van der Waals surface area contributed by atoms with E-state index in [1.807, 2.05) is 32.0 Å². The molecule has 1 aromatic heterocycles. The Labute approximate surface area is 149 Å². The molecular formula is C20H26N4O. The first-order valence-corrected chi connectivity index (χ1v) is 9.09. The molecule has 1 heterocycles. The van der Waals surface area contributed by atoms with E-state index in [2.05, 4.69) is 20.6 Å². The highest BCUT2D eigenvalue weighted by molar-refractivity contribution is 6.03. The van der Waals surface area contributed by atoms with Gasteiger partial charge in [0.2, 0.25) is 0 Å². The maximum Gasteiger partial charge on any atom is 0.275 e. The molecule has 0 spiro atoms. The summed E-state index contributed by atoms with van der Waals surface area (Å²) in [5.41, 5.74) is 3.27. The zero-order chi connectivity index (χ0) is 17.6. The topological polar surface area (TPSA) is 66.9 Å². The molecule has 0 bridgehead atoms. The molecule has 0 atom stereocenters. The zero-order valence-corrected chi connectivity index (χ0v) is 15.0. The first-order chi connectivity index (χ1) is 12.1.